The minimum absolute atomic E-state index is 0.0105. The van der Waals surface area contributed by atoms with Gasteiger partial charge in [0.1, 0.15) is 24.0 Å². The second-order valence-corrected chi connectivity index (χ2v) is 14.0. The van der Waals surface area contributed by atoms with Crippen molar-refractivity contribution >= 4 is 57.2 Å². The summed E-state index contributed by atoms with van der Waals surface area (Å²) in [5.41, 5.74) is 7.66. The minimum atomic E-state index is -0.759. The number of H-pyrrole nitrogens is 4. The number of aromatic nitrogens is 12. The Bertz CT molecular complexity index is 2420. The Morgan fingerprint density at radius 2 is 1.04 bits per heavy atom. The maximum absolute atomic E-state index is 13.2. The van der Waals surface area contributed by atoms with Crippen LogP contribution in [0.4, 0.5) is 43.9 Å². The van der Waals surface area contributed by atoms with Crippen molar-refractivity contribution in [1.29, 1.82) is 0 Å². The molecule has 0 bridgehead atoms. The van der Waals surface area contributed by atoms with Crippen LogP contribution in [0.25, 0.3) is 22.1 Å². The Hall–Kier alpha value is -6.98. The molecule has 18 heteroatoms. The maximum Gasteiger partial charge on any atom is 0.225 e. The molecule has 0 radical (unpaired) electrons. The molecule has 2 fully saturated rings. The Morgan fingerprint density at radius 1 is 0.589 bits per heavy atom. The molecule has 6 atom stereocenters. The van der Waals surface area contributed by atoms with Crippen LogP contribution >= 0.6 is 0 Å². The molecule has 2 aliphatic carbocycles. The number of rotatable bonds is 12. The Kier molecular flexibility index (Phi) is 9.12. The molecule has 0 spiro atoms. The van der Waals surface area contributed by atoms with Gasteiger partial charge >= 0.3 is 0 Å². The molecule has 10 rings (SSSR count). The Morgan fingerprint density at radius 3 is 1.46 bits per heavy atom. The van der Waals surface area contributed by atoms with Gasteiger partial charge in [0.2, 0.25) is 11.9 Å². The fourth-order valence-electron chi connectivity index (χ4n) is 6.41. The molecule has 0 amide bonds. The first kappa shape index (κ1) is 34.8. The Balaban J connectivity index is 0.000000146. The second-order valence-electron chi connectivity index (χ2n) is 14.0. The molecule has 2 aliphatic rings. The van der Waals surface area contributed by atoms with Crippen LogP contribution in [-0.2, 0) is 0 Å². The Labute approximate surface area is 318 Å². The number of fused-ring (bicyclic) bond motifs is 2. The molecule has 0 saturated heterocycles. The lowest BCUT2D eigenvalue weighted by molar-refractivity contribution is 0.466. The lowest BCUT2D eigenvalue weighted by atomic mass is 10.1. The van der Waals surface area contributed by atoms with Gasteiger partial charge in [0, 0.05) is 47.8 Å². The van der Waals surface area contributed by atoms with Crippen LogP contribution in [0.2, 0.25) is 0 Å². The van der Waals surface area contributed by atoms with E-state index in [1.165, 1.54) is 0 Å². The molecule has 0 unspecified atom stereocenters. The van der Waals surface area contributed by atoms with Gasteiger partial charge in [-0.05, 0) is 74.2 Å². The van der Waals surface area contributed by atoms with Crippen LogP contribution < -0.4 is 21.3 Å². The molecule has 0 aliphatic heterocycles. The standard InChI is InChI=1S/2C19H19FN8/c2*1-10(11-2-3-14-16(6-11)23-9-22-14)24-19-21-5-4-17(26-19)25-18-8-15(27-28-18)12-7-13(12)20/h2*2-6,8-10,12-13H,7H2,1H3,(H,22,23)(H3,21,24,25,26,27,28)/t10-,12+,13+;10-,12-,13-/m00/s1. The van der Waals surface area contributed by atoms with E-state index in [4.69, 9.17) is 0 Å². The van der Waals surface area contributed by atoms with E-state index in [0.29, 0.717) is 48.0 Å². The monoisotopic (exact) mass is 756 g/mol. The van der Waals surface area contributed by atoms with Gasteiger partial charge in [0.25, 0.3) is 0 Å². The smallest absolute Gasteiger partial charge is 0.225 e. The minimum Gasteiger partial charge on any atom is -0.348 e. The maximum atomic E-state index is 13.2. The van der Waals surface area contributed by atoms with E-state index in [-0.39, 0.29) is 23.9 Å². The average Bonchev–Trinajstić information content (AvgIpc) is 3.68. The quantitative estimate of drug-likeness (QED) is 0.0604. The number of halogens is 2. The SMILES string of the molecule is C[C@H](Nc1nccc(Nc2cc([C@@H]3C[C@H]3F)[nH]n2)n1)c1ccc2nc[nH]c2c1.C[C@H](Nc1nccc(Nc2cc([C@H]3C[C@@H]3F)[nH]n2)n1)c1ccc2nc[nH]c2c1. The molecule has 2 saturated carbocycles. The molecule has 56 heavy (non-hydrogen) atoms. The summed E-state index contributed by atoms with van der Waals surface area (Å²) in [7, 11) is 0. The van der Waals surface area contributed by atoms with Crippen molar-refractivity contribution in [3.8, 4) is 0 Å². The third-order valence-corrected chi connectivity index (χ3v) is 9.82. The summed E-state index contributed by atoms with van der Waals surface area (Å²) in [4.78, 5) is 32.3. The first-order valence-electron chi connectivity index (χ1n) is 18.3. The number of aromatic amines is 4. The van der Waals surface area contributed by atoms with Gasteiger partial charge in [-0.1, -0.05) is 12.1 Å². The number of benzene rings is 2. The topological polar surface area (TPSA) is 214 Å². The summed E-state index contributed by atoms with van der Waals surface area (Å²) >= 11 is 0. The van der Waals surface area contributed by atoms with E-state index in [9.17, 15) is 8.78 Å². The van der Waals surface area contributed by atoms with E-state index >= 15 is 0 Å². The molecule has 2 aromatic carbocycles. The summed E-state index contributed by atoms with van der Waals surface area (Å²) in [6.45, 7) is 4.09. The predicted molar refractivity (Wildman–Crippen MR) is 209 cm³/mol. The summed E-state index contributed by atoms with van der Waals surface area (Å²) in [6.07, 6.45) is 6.32. The van der Waals surface area contributed by atoms with Crippen molar-refractivity contribution in [1.82, 2.24) is 60.3 Å². The van der Waals surface area contributed by atoms with E-state index in [1.807, 2.05) is 50.2 Å². The van der Waals surface area contributed by atoms with Gasteiger partial charge in [0.05, 0.1) is 46.8 Å². The van der Waals surface area contributed by atoms with Gasteiger partial charge < -0.3 is 31.2 Å². The molecular weight excluding hydrogens is 719 g/mol. The first-order valence-corrected chi connectivity index (χ1v) is 18.3. The molecular formula is C38H38F2N16. The van der Waals surface area contributed by atoms with Gasteiger partial charge in [-0.15, -0.1) is 0 Å². The lowest BCUT2D eigenvalue weighted by Gasteiger charge is -2.14. The van der Waals surface area contributed by atoms with Crippen LogP contribution in [0, 0.1) is 0 Å². The largest absolute Gasteiger partial charge is 0.348 e. The van der Waals surface area contributed by atoms with E-state index in [2.05, 4.69) is 93.7 Å². The van der Waals surface area contributed by atoms with Crippen molar-refractivity contribution in [2.24, 2.45) is 0 Å². The zero-order chi connectivity index (χ0) is 38.2. The first-order chi connectivity index (χ1) is 27.3. The van der Waals surface area contributed by atoms with Gasteiger partial charge in [-0.3, -0.25) is 10.2 Å². The van der Waals surface area contributed by atoms with Gasteiger partial charge in [-0.25, -0.2) is 28.7 Å². The highest BCUT2D eigenvalue weighted by atomic mass is 19.1. The number of anilines is 6. The van der Waals surface area contributed by atoms with Crippen LogP contribution in [-0.4, -0.2) is 72.6 Å². The average molecular weight is 757 g/mol. The number of nitrogens with zero attached hydrogens (tertiary/aromatic N) is 8. The summed E-state index contributed by atoms with van der Waals surface area (Å²) in [6, 6.07) is 19.3. The van der Waals surface area contributed by atoms with Crippen LogP contribution in [0.3, 0.4) is 0 Å². The van der Waals surface area contributed by atoms with E-state index in [1.54, 1.807) is 37.2 Å². The van der Waals surface area contributed by atoms with Crippen LogP contribution in [0.15, 0.2) is 85.7 Å². The van der Waals surface area contributed by atoms with Crippen molar-refractivity contribution < 1.29 is 8.78 Å². The number of hydrogen-bond acceptors (Lipinski definition) is 12. The number of nitrogens with one attached hydrogen (secondary N) is 8. The molecule has 6 aromatic heterocycles. The highest BCUT2D eigenvalue weighted by Gasteiger charge is 2.41. The van der Waals surface area contributed by atoms with Crippen molar-refractivity contribution in [2.75, 3.05) is 21.3 Å². The van der Waals surface area contributed by atoms with Crippen LogP contribution in [0.5, 0.6) is 0 Å². The molecule has 8 N–H and O–H groups in total. The highest BCUT2D eigenvalue weighted by molar-refractivity contribution is 5.76. The van der Waals surface area contributed by atoms with Gasteiger partial charge in [-0.2, -0.15) is 20.2 Å². The highest BCUT2D eigenvalue weighted by Crippen LogP contribution is 2.44. The lowest BCUT2D eigenvalue weighted by Crippen LogP contribution is -2.10. The third kappa shape index (κ3) is 7.80. The number of hydrogen-bond donors (Lipinski definition) is 8. The molecule has 6 heterocycles. The molecule has 8 aromatic rings. The zero-order valence-electron chi connectivity index (χ0n) is 30.3. The van der Waals surface area contributed by atoms with Crippen LogP contribution in [0.1, 0.15) is 73.1 Å². The zero-order valence-corrected chi connectivity index (χ0v) is 30.3. The number of imidazole rings is 2. The number of alkyl halides is 2. The third-order valence-electron chi connectivity index (χ3n) is 9.82. The van der Waals surface area contributed by atoms with E-state index < -0.39 is 12.3 Å². The van der Waals surface area contributed by atoms with Crippen molar-refractivity contribution in [2.45, 2.75) is 63.0 Å². The van der Waals surface area contributed by atoms with Crippen molar-refractivity contribution in [3.05, 3.63) is 108 Å². The van der Waals surface area contributed by atoms with Crippen molar-refractivity contribution in [3.63, 3.8) is 0 Å². The second kappa shape index (κ2) is 14.7. The summed E-state index contributed by atoms with van der Waals surface area (Å²) in [5, 5.41) is 27.0. The van der Waals surface area contributed by atoms with Gasteiger partial charge in [0.15, 0.2) is 11.6 Å². The van der Waals surface area contributed by atoms with E-state index in [0.717, 1.165) is 44.6 Å². The fraction of sp³-hybridized carbons (Fsp3) is 0.263. The fourth-order valence-corrected chi connectivity index (χ4v) is 6.41. The molecule has 16 nitrogen and oxygen atoms in total. The predicted octanol–water partition coefficient (Wildman–Crippen LogP) is 7.64. The normalized spacial score (nSPS) is 19.5. The molecule has 284 valence electrons. The summed E-state index contributed by atoms with van der Waals surface area (Å²) < 4.78 is 26.4. The summed E-state index contributed by atoms with van der Waals surface area (Å²) in [5.74, 6) is 3.33.